The summed E-state index contributed by atoms with van der Waals surface area (Å²) in [7, 11) is 0. The standard InChI is InChI=1S/C11H11ClF3N3/c1-6(2)5-18-10-4-8(12)7(11(13,14)15)3-9(10)16-17-18/h3-4,6H,5H2,1-2H3. The van der Waals surface area contributed by atoms with E-state index in [4.69, 9.17) is 11.6 Å². The molecule has 2 rings (SSSR count). The van der Waals surface area contributed by atoms with E-state index in [-0.39, 0.29) is 10.5 Å². The first-order chi connectivity index (χ1) is 8.29. The van der Waals surface area contributed by atoms with Crippen molar-refractivity contribution in [3.05, 3.63) is 22.7 Å². The van der Waals surface area contributed by atoms with Gasteiger partial charge in [-0.25, -0.2) is 4.68 Å². The van der Waals surface area contributed by atoms with E-state index in [1.807, 2.05) is 13.8 Å². The van der Waals surface area contributed by atoms with E-state index in [0.717, 1.165) is 6.07 Å². The Bertz CT molecular complexity index is 575. The number of alkyl halides is 3. The van der Waals surface area contributed by atoms with Gasteiger partial charge in [0.25, 0.3) is 0 Å². The van der Waals surface area contributed by atoms with Gasteiger partial charge in [-0.2, -0.15) is 13.2 Å². The van der Waals surface area contributed by atoms with E-state index in [2.05, 4.69) is 10.3 Å². The van der Waals surface area contributed by atoms with Crippen molar-refractivity contribution >= 4 is 22.6 Å². The van der Waals surface area contributed by atoms with Gasteiger partial charge in [0, 0.05) is 6.54 Å². The SMILES string of the molecule is CC(C)Cn1nnc2cc(C(F)(F)F)c(Cl)cc21. The molecule has 0 radical (unpaired) electrons. The highest BCUT2D eigenvalue weighted by atomic mass is 35.5. The minimum absolute atomic E-state index is 0.201. The van der Waals surface area contributed by atoms with Gasteiger partial charge in [0.15, 0.2) is 0 Å². The van der Waals surface area contributed by atoms with E-state index in [0.29, 0.717) is 18.0 Å². The van der Waals surface area contributed by atoms with Gasteiger partial charge in [-0.15, -0.1) is 5.10 Å². The van der Waals surface area contributed by atoms with Crippen molar-refractivity contribution in [2.75, 3.05) is 0 Å². The topological polar surface area (TPSA) is 30.7 Å². The second kappa shape index (κ2) is 4.42. The molecule has 1 heterocycles. The van der Waals surface area contributed by atoms with Crippen molar-refractivity contribution in [1.82, 2.24) is 15.0 Å². The average Bonchev–Trinajstić information content (AvgIpc) is 2.57. The van der Waals surface area contributed by atoms with Crippen LogP contribution in [0.4, 0.5) is 13.2 Å². The quantitative estimate of drug-likeness (QED) is 0.837. The molecule has 0 unspecified atom stereocenters. The molecular weight excluding hydrogens is 267 g/mol. The Labute approximate surface area is 107 Å². The first-order valence-electron chi connectivity index (χ1n) is 5.39. The Hall–Kier alpha value is -1.30. The second-order valence-corrected chi connectivity index (χ2v) is 4.89. The molecule has 0 aliphatic rings. The first kappa shape index (κ1) is 13.1. The van der Waals surface area contributed by atoms with Crippen LogP contribution in [0.2, 0.25) is 5.02 Å². The molecule has 0 bridgehead atoms. The van der Waals surface area contributed by atoms with Crippen LogP contribution in [0.15, 0.2) is 12.1 Å². The molecule has 2 aromatic rings. The molecule has 0 fully saturated rings. The number of hydrogen-bond acceptors (Lipinski definition) is 2. The largest absolute Gasteiger partial charge is 0.417 e. The molecule has 0 aliphatic carbocycles. The third kappa shape index (κ3) is 2.43. The van der Waals surface area contributed by atoms with Gasteiger partial charge in [-0.1, -0.05) is 30.7 Å². The zero-order valence-electron chi connectivity index (χ0n) is 9.79. The van der Waals surface area contributed by atoms with Crippen LogP contribution in [0, 0.1) is 5.92 Å². The van der Waals surface area contributed by atoms with E-state index in [9.17, 15) is 13.2 Å². The van der Waals surface area contributed by atoms with Crippen LogP contribution in [0.1, 0.15) is 19.4 Å². The molecule has 0 saturated carbocycles. The van der Waals surface area contributed by atoms with Crippen molar-refractivity contribution in [3.63, 3.8) is 0 Å². The molecule has 3 nitrogen and oxygen atoms in total. The fourth-order valence-electron chi connectivity index (χ4n) is 1.69. The smallest absolute Gasteiger partial charge is 0.244 e. The van der Waals surface area contributed by atoms with Gasteiger partial charge in [0.05, 0.1) is 16.1 Å². The minimum Gasteiger partial charge on any atom is -0.244 e. The van der Waals surface area contributed by atoms with Gasteiger partial charge in [-0.05, 0) is 18.1 Å². The second-order valence-electron chi connectivity index (χ2n) is 4.48. The molecule has 0 N–H and O–H groups in total. The van der Waals surface area contributed by atoms with Crippen LogP contribution < -0.4 is 0 Å². The fraction of sp³-hybridized carbons (Fsp3) is 0.455. The minimum atomic E-state index is -4.48. The third-order valence-corrected chi connectivity index (χ3v) is 2.76. The Kier molecular flexibility index (Phi) is 3.23. The number of aromatic nitrogens is 3. The summed E-state index contributed by atoms with van der Waals surface area (Å²) in [4.78, 5) is 0. The van der Waals surface area contributed by atoms with Crippen LogP contribution in [0.25, 0.3) is 11.0 Å². The van der Waals surface area contributed by atoms with E-state index >= 15 is 0 Å². The van der Waals surface area contributed by atoms with E-state index in [1.165, 1.54) is 6.07 Å². The zero-order chi connectivity index (χ0) is 13.5. The Morgan fingerprint density at radius 3 is 2.56 bits per heavy atom. The van der Waals surface area contributed by atoms with Crippen LogP contribution in [-0.2, 0) is 12.7 Å². The lowest BCUT2D eigenvalue weighted by atomic mass is 10.2. The van der Waals surface area contributed by atoms with Crippen LogP contribution in [0.3, 0.4) is 0 Å². The number of rotatable bonds is 2. The van der Waals surface area contributed by atoms with Gasteiger partial charge in [-0.3, -0.25) is 0 Å². The van der Waals surface area contributed by atoms with Crippen LogP contribution in [0.5, 0.6) is 0 Å². The number of fused-ring (bicyclic) bond motifs is 1. The summed E-state index contributed by atoms with van der Waals surface area (Å²) in [5, 5.41) is 7.25. The lowest BCUT2D eigenvalue weighted by Crippen LogP contribution is -2.07. The summed E-state index contributed by atoms with van der Waals surface area (Å²) in [5.74, 6) is 0.316. The molecule has 1 aromatic carbocycles. The van der Waals surface area contributed by atoms with Gasteiger partial charge < -0.3 is 0 Å². The lowest BCUT2D eigenvalue weighted by molar-refractivity contribution is -0.137. The molecule has 0 saturated heterocycles. The van der Waals surface area contributed by atoms with Gasteiger partial charge in [0.1, 0.15) is 5.52 Å². The molecule has 98 valence electrons. The van der Waals surface area contributed by atoms with Crippen molar-refractivity contribution in [2.45, 2.75) is 26.6 Å². The molecule has 18 heavy (non-hydrogen) atoms. The van der Waals surface area contributed by atoms with Crippen molar-refractivity contribution in [2.24, 2.45) is 5.92 Å². The highest BCUT2D eigenvalue weighted by molar-refractivity contribution is 6.32. The maximum Gasteiger partial charge on any atom is 0.417 e. The number of hydrogen-bond donors (Lipinski definition) is 0. The van der Waals surface area contributed by atoms with Crippen LogP contribution >= 0.6 is 11.6 Å². The fourth-order valence-corrected chi connectivity index (χ4v) is 1.95. The number of benzene rings is 1. The molecular formula is C11H11ClF3N3. The zero-order valence-corrected chi connectivity index (χ0v) is 10.5. The summed E-state index contributed by atoms with van der Waals surface area (Å²) < 4.78 is 39.5. The number of nitrogens with zero attached hydrogens (tertiary/aromatic N) is 3. The molecule has 1 aromatic heterocycles. The Morgan fingerprint density at radius 1 is 1.33 bits per heavy atom. The van der Waals surface area contributed by atoms with Gasteiger partial charge >= 0.3 is 6.18 Å². The molecule has 0 amide bonds. The summed E-state index contributed by atoms with van der Waals surface area (Å²) in [5.41, 5.74) is -0.165. The lowest BCUT2D eigenvalue weighted by Gasteiger charge is -2.09. The third-order valence-electron chi connectivity index (χ3n) is 2.45. The summed E-state index contributed by atoms with van der Waals surface area (Å²) >= 11 is 5.66. The van der Waals surface area contributed by atoms with E-state index < -0.39 is 11.7 Å². The average molecular weight is 278 g/mol. The van der Waals surface area contributed by atoms with Crippen molar-refractivity contribution < 1.29 is 13.2 Å². The Morgan fingerprint density at radius 2 is 2.00 bits per heavy atom. The first-order valence-corrected chi connectivity index (χ1v) is 5.76. The molecule has 7 heteroatoms. The summed E-state index contributed by atoms with van der Waals surface area (Å²) in [6, 6.07) is 2.20. The van der Waals surface area contributed by atoms with Crippen LogP contribution in [-0.4, -0.2) is 15.0 Å². The maximum atomic E-state index is 12.7. The summed E-state index contributed by atoms with van der Waals surface area (Å²) in [6.07, 6.45) is -4.48. The molecule has 0 aliphatic heterocycles. The number of halogens is 4. The summed E-state index contributed by atoms with van der Waals surface area (Å²) in [6.45, 7) is 4.55. The normalized spacial score (nSPS) is 12.6. The predicted octanol–water partition coefficient (Wildman–Crippen LogP) is 3.76. The van der Waals surface area contributed by atoms with Crippen molar-refractivity contribution in [3.8, 4) is 0 Å². The Balaban J connectivity index is 2.56. The van der Waals surface area contributed by atoms with Gasteiger partial charge in [0.2, 0.25) is 0 Å². The highest BCUT2D eigenvalue weighted by Crippen LogP contribution is 2.36. The highest BCUT2D eigenvalue weighted by Gasteiger charge is 2.34. The monoisotopic (exact) mass is 277 g/mol. The van der Waals surface area contributed by atoms with E-state index in [1.54, 1.807) is 4.68 Å². The predicted molar refractivity (Wildman–Crippen MR) is 62.4 cm³/mol. The molecule has 0 spiro atoms. The van der Waals surface area contributed by atoms with Crippen molar-refractivity contribution in [1.29, 1.82) is 0 Å². The maximum absolute atomic E-state index is 12.7. The molecule has 0 atom stereocenters.